The van der Waals surface area contributed by atoms with Crippen molar-refractivity contribution in [2.45, 2.75) is 29.7 Å². The fourth-order valence-electron chi connectivity index (χ4n) is 2.74. The van der Waals surface area contributed by atoms with Gasteiger partial charge in [0.2, 0.25) is 0 Å². The standard InChI is InChI=1S/C11H17ClFN2O14P3/c1-10(12)7(17)11(4-13,27-8(10)15-3-2-6(16)14-9(15)18)5-26-31(22,23)29-32(24,25)28-30(19,20)21/h2-3,7-8,17H,4-5H2,1H3,(H,22,23)(H,24,25)(H,14,16,18)(H2,19,20,21)/t7-,8?,10+,11+/m0/s1. The average Bonchev–Trinajstić information content (AvgIpc) is 2.78. The minimum atomic E-state index is -5.84. The van der Waals surface area contributed by atoms with Crippen LogP contribution in [-0.4, -0.2) is 64.1 Å². The lowest BCUT2D eigenvalue weighted by molar-refractivity contribution is -0.135. The van der Waals surface area contributed by atoms with Crippen LogP contribution in [0.15, 0.2) is 21.9 Å². The zero-order valence-electron chi connectivity index (χ0n) is 15.7. The topological polar surface area (TPSA) is 244 Å². The Kier molecular flexibility index (Phi) is 7.83. The summed E-state index contributed by atoms with van der Waals surface area (Å²) in [5, 5.41) is 10.5. The van der Waals surface area contributed by atoms with Gasteiger partial charge in [-0.1, -0.05) is 0 Å². The number of ether oxygens (including phenoxy) is 1. The quantitative estimate of drug-likeness (QED) is 0.168. The zero-order chi connectivity index (χ0) is 24.8. The molecule has 1 aromatic rings. The predicted molar refractivity (Wildman–Crippen MR) is 100 cm³/mol. The molecule has 0 aliphatic carbocycles. The molecule has 1 aromatic heterocycles. The predicted octanol–water partition coefficient (Wildman–Crippen LogP) is -0.525. The van der Waals surface area contributed by atoms with Crippen LogP contribution >= 0.6 is 35.1 Å². The number of aliphatic hydroxyl groups is 1. The number of aliphatic hydroxyl groups excluding tert-OH is 1. The normalized spacial score (nSPS) is 32.4. The van der Waals surface area contributed by atoms with Crippen molar-refractivity contribution < 1.29 is 60.6 Å². The number of aromatic nitrogens is 2. The van der Waals surface area contributed by atoms with Crippen LogP contribution in [0, 0.1) is 0 Å². The number of hydrogen-bond acceptors (Lipinski definition) is 10. The number of rotatable bonds is 9. The molecular formula is C11H17ClFN2O14P3. The molecule has 0 amide bonds. The van der Waals surface area contributed by atoms with E-state index in [1.54, 1.807) is 0 Å². The van der Waals surface area contributed by atoms with Gasteiger partial charge in [0.1, 0.15) is 17.7 Å². The van der Waals surface area contributed by atoms with Crippen LogP contribution in [-0.2, 0) is 31.6 Å². The summed E-state index contributed by atoms with van der Waals surface area (Å²) in [4.78, 5) is 58.9. The second-order valence-corrected chi connectivity index (χ2v) is 11.8. The Morgan fingerprint density at radius 3 is 2.31 bits per heavy atom. The largest absolute Gasteiger partial charge is 0.490 e. The molecule has 0 aromatic carbocycles. The molecule has 1 aliphatic heterocycles. The van der Waals surface area contributed by atoms with Crippen LogP contribution in [0.3, 0.4) is 0 Å². The lowest BCUT2D eigenvalue weighted by Gasteiger charge is -2.30. The van der Waals surface area contributed by atoms with Gasteiger partial charge in [0, 0.05) is 12.3 Å². The first kappa shape index (κ1) is 27.5. The molecule has 21 heteroatoms. The Bertz CT molecular complexity index is 1120. The molecular weight excluding hydrogens is 531 g/mol. The highest BCUT2D eigenvalue weighted by molar-refractivity contribution is 7.66. The maximum absolute atomic E-state index is 13.9. The van der Waals surface area contributed by atoms with E-state index in [0.29, 0.717) is 4.57 Å². The number of alkyl halides is 2. The van der Waals surface area contributed by atoms with E-state index in [1.807, 2.05) is 4.98 Å². The molecule has 1 fully saturated rings. The van der Waals surface area contributed by atoms with E-state index in [0.717, 1.165) is 19.2 Å². The highest BCUT2D eigenvalue weighted by Gasteiger charge is 2.63. The fourth-order valence-corrected chi connectivity index (χ4v) is 6.17. The number of phosphoric acid groups is 3. The van der Waals surface area contributed by atoms with E-state index < -0.39 is 70.8 Å². The summed E-state index contributed by atoms with van der Waals surface area (Å²) in [5.41, 5.74) is -4.38. The van der Waals surface area contributed by atoms with Crippen molar-refractivity contribution in [1.82, 2.24) is 9.55 Å². The summed E-state index contributed by atoms with van der Waals surface area (Å²) in [6, 6.07) is 0.894. The molecule has 2 heterocycles. The van der Waals surface area contributed by atoms with Gasteiger partial charge in [0.15, 0.2) is 11.8 Å². The van der Waals surface area contributed by atoms with E-state index >= 15 is 0 Å². The van der Waals surface area contributed by atoms with Gasteiger partial charge in [0.25, 0.3) is 5.56 Å². The van der Waals surface area contributed by atoms with Crippen molar-refractivity contribution in [1.29, 1.82) is 0 Å². The summed E-state index contributed by atoms with van der Waals surface area (Å²) in [5.74, 6) is 0. The molecule has 6 atom stereocenters. The van der Waals surface area contributed by atoms with Crippen molar-refractivity contribution in [3.8, 4) is 0 Å². The van der Waals surface area contributed by atoms with Gasteiger partial charge in [-0.25, -0.2) is 22.9 Å². The fraction of sp³-hybridized carbons (Fsp3) is 0.636. The van der Waals surface area contributed by atoms with E-state index in [-0.39, 0.29) is 0 Å². The number of hydrogen-bond donors (Lipinski definition) is 6. The van der Waals surface area contributed by atoms with Gasteiger partial charge < -0.3 is 29.4 Å². The molecule has 0 spiro atoms. The van der Waals surface area contributed by atoms with Crippen molar-refractivity contribution in [3.05, 3.63) is 33.1 Å². The van der Waals surface area contributed by atoms with E-state index in [1.165, 1.54) is 0 Å². The van der Waals surface area contributed by atoms with Crippen LogP contribution < -0.4 is 11.2 Å². The lowest BCUT2D eigenvalue weighted by Crippen LogP contribution is -2.51. The van der Waals surface area contributed by atoms with Gasteiger partial charge in [0.05, 0.1) is 6.61 Å². The third-order valence-corrected chi connectivity index (χ3v) is 8.26. The maximum Gasteiger partial charge on any atom is 0.490 e. The van der Waals surface area contributed by atoms with Crippen molar-refractivity contribution in [3.63, 3.8) is 0 Å². The minimum absolute atomic E-state index is 0.694. The third kappa shape index (κ3) is 6.21. The van der Waals surface area contributed by atoms with Gasteiger partial charge in [-0.15, -0.1) is 11.6 Å². The number of halogens is 2. The Balaban J connectivity index is 2.28. The van der Waals surface area contributed by atoms with Gasteiger partial charge in [-0.3, -0.25) is 18.9 Å². The Morgan fingerprint density at radius 1 is 1.22 bits per heavy atom. The average molecular weight is 549 g/mol. The summed E-state index contributed by atoms with van der Waals surface area (Å²) in [7, 11) is -17.2. The van der Waals surface area contributed by atoms with E-state index in [4.69, 9.17) is 31.0 Å². The highest BCUT2D eigenvalue weighted by atomic mass is 35.5. The zero-order valence-corrected chi connectivity index (χ0v) is 19.1. The number of nitrogens with one attached hydrogen (secondary N) is 1. The molecule has 1 saturated heterocycles. The summed E-state index contributed by atoms with van der Waals surface area (Å²) < 4.78 is 65.2. The lowest BCUT2D eigenvalue weighted by atomic mass is 9.91. The van der Waals surface area contributed by atoms with Gasteiger partial charge >= 0.3 is 29.2 Å². The summed E-state index contributed by atoms with van der Waals surface area (Å²) in [6.45, 7) is -1.89. The monoisotopic (exact) mass is 548 g/mol. The number of nitrogens with zero attached hydrogens (tertiary/aromatic N) is 1. The molecule has 3 unspecified atom stereocenters. The molecule has 1 aliphatic rings. The van der Waals surface area contributed by atoms with Crippen molar-refractivity contribution in [2.75, 3.05) is 13.3 Å². The Morgan fingerprint density at radius 2 is 1.81 bits per heavy atom. The minimum Gasteiger partial charge on any atom is -0.388 e. The van der Waals surface area contributed by atoms with E-state index in [2.05, 4.69) is 13.1 Å². The maximum atomic E-state index is 13.9. The Labute approximate surface area is 181 Å². The highest BCUT2D eigenvalue weighted by Crippen LogP contribution is 2.66. The second-order valence-electron chi connectivity index (χ2n) is 6.60. The molecule has 184 valence electrons. The van der Waals surface area contributed by atoms with Crippen LogP contribution in [0.1, 0.15) is 13.2 Å². The van der Waals surface area contributed by atoms with Crippen molar-refractivity contribution in [2.24, 2.45) is 0 Å². The number of aromatic amines is 1. The number of phosphoric ester groups is 1. The molecule has 0 bridgehead atoms. The van der Waals surface area contributed by atoms with Gasteiger partial charge in [-0.05, 0) is 6.92 Å². The SMILES string of the molecule is C[C@]1(Cl)C(n2ccc(=O)[nH]c2=O)O[C@](CF)(COP(=O)(O)OP(=O)(O)OP(=O)(O)O)[C@H]1O. The molecule has 2 rings (SSSR count). The summed E-state index contributed by atoms with van der Waals surface area (Å²) in [6.07, 6.45) is -2.77. The first-order valence-corrected chi connectivity index (χ1v) is 12.9. The van der Waals surface area contributed by atoms with Gasteiger partial charge in [-0.2, -0.15) is 8.62 Å². The molecule has 0 saturated carbocycles. The molecule has 0 radical (unpaired) electrons. The summed E-state index contributed by atoms with van der Waals surface area (Å²) >= 11 is 6.22. The second kappa shape index (κ2) is 9.12. The third-order valence-electron chi connectivity index (χ3n) is 4.08. The van der Waals surface area contributed by atoms with E-state index in [9.17, 15) is 37.7 Å². The Hall–Kier alpha value is -0.770. The molecule has 6 N–H and O–H groups in total. The van der Waals surface area contributed by atoms with Crippen molar-refractivity contribution >= 4 is 35.1 Å². The number of H-pyrrole nitrogens is 1. The molecule has 16 nitrogen and oxygen atoms in total. The first-order valence-electron chi connectivity index (χ1n) is 8.05. The van der Waals surface area contributed by atoms with Crippen LogP contribution in [0.5, 0.6) is 0 Å². The smallest absolute Gasteiger partial charge is 0.388 e. The molecule has 32 heavy (non-hydrogen) atoms. The van der Waals surface area contributed by atoms with Crippen LogP contribution in [0.4, 0.5) is 4.39 Å². The first-order chi connectivity index (χ1) is 14.3. The van der Waals surface area contributed by atoms with Crippen LogP contribution in [0.25, 0.3) is 0 Å². The van der Waals surface area contributed by atoms with Crippen LogP contribution in [0.2, 0.25) is 0 Å².